The number of likely N-dealkylation sites (tertiary alicyclic amines) is 1. The average molecular weight is 508 g/mol. The minimum atomic E-state index is -0.834. The number of nitrogens with one attached hydrogen (secondary N) is 2. The summed E-state index contributed by atoms with van der Waals surface area (Å²) in [7, 11) is 1.57. The molecule has 196 valence electrons. The van der Waals surface area contributed by atoms with Crippen LogP contribution in [0.2, 0.25) is 0 Å². The number of hydrazine groups is 1. The van der Waals surface area contributed by atoms with E-state index in [0.717, 1.165) is 29.5 Å². The van der Waals surface area contributed by atoms with Gasteiger partial charge < -0.3 is 14.9 Å². The Bertz CT molecular complexity index is 1230. The van der Waals surface area contributed by atoms with Gasteiger partial charge in [-0.05, 0) is 86.7 Å². The number of phenols is 1. The molecule has 1 saturated heterocycles. The van der Waals surface area contributed by atoms with Crippen LogP contribution in [0.5, 0.6) is 5.75 Å². The van der Waals surface area contributed by atoms with Crippen LogP contribution in [0, 0.1) is 13.8 Å². The van der Waals surface area contributed by atoms with Crippen molar-refractivity contribution in [2.75, 3.05) is 43.7 Å². The number of amides is 1. The second kappa shape index (κ2) is 11.4. The first-order valence-corrected chi connectivity index (χ1v) is 12.3. The summed E-state index contributed by atoms with van der Waals surface area (Å²) < 4.78 is 5.16. The maximum Gasteiger partial charge on any atom is 0.317 e. The highest BCUT2D eigenvalue weighted by molar-refractivity contribution is 6.46. The lowest BCUT2D eigenvalue weighted by molar-refractivity contribution is -0.138. The highest BCUT2D eigenvalue weighted by Crippen LogP contribution is 2.37. The topological polar surface area (TPSA) is 127 Å². The van der Waals surface area contributed by atoms with Crippen molar-refractivity contribution in [3.05, 3.63) is 65.0 Å². The van der Waals surface area contributed by atoms with Gasteiger partial charge >= 0.3 is 11.9 Å². The minimum Gasteiger partial charge on any atom is -0.505 e. The van der Waals surface area contributed by atoms with Crippen molar-refractivity contribution < 1.29 is 24.5 Å². The number of anilines is 2. The third-order valence-corrected chi connectivity index (χ3v) is 6.81. The molecular formula is C27H33N5O5. The van der Waals surface area contributed by atoms with Gasteiger partial charge in [-0.1, -0.05) is 18.2 Å². The van der Waals surface area contributed by atoms with Crippen LogP contribution in [-0.4, -0.2) is 66.2 Å². The number of phenolic OH excluding ortho intramolecular Hbond substituents is 1. The highest BCUT2D eigenvalue weighted by atomic mass is 16.5. The Morgan fingerprint density at radius 2 is 1.92 bits per heavy atom. The average Bonchev–Trinajstić information content (AvgIpc) is 3.19. The molecular weight excluding hydrogens is 474 g/mol. The second-order valence-electron chi connectivity index (χ2n) is 9.32. The number of aromatic hydroxyl groups is 1. The van der Waals surface area contributed by atoms with Gasteiger partial charge in [0.05, 0.1) is 24.5 Å². The molecule has 0 saturated carbocycles. The van der Waals surface area contributed by atoms with Gasteiger partial charge in [-0.25, -0.2) is 4.99 Å². The summed E-state index contributed by atoms with van der Waals surface area (Å²) in [6, 6.07) is 11.2. The number of carboxylic acids is 1. The van der Waals surface area contributed by atoms with Crippen molar-refractivity contribution in [1.29, 1.82) is 0 Å². The molecule has 10 heteroatoms. The fraction of sp³-hybridized carbons (Fsp3) is 0.370. The molecule has 2 aromatic rings. The molecule has 1 amide bonds. The summed E-state index contributed by atoms with van der Waals surface area (Å²) in [6.45, 7) is 5.64. The Labute approximate surface area is 216 Å². The Hall–Kier alpha value is -3.89. The zero-order chi connectivity index (χ0) is 26.5. The van der Waals surface area contributed by atoms with Gasteiger partial charge in [0.2, 0.25) is 5.84 Å². The second-order valence-corrected chi connectivity index (χ2v) is 9.32. The molecule has 4 N–H and O–H groups in total. The van der Waals surface area contributed by atoms with Gasteiger partial charge in [0, 0.05) is 7.11 Å². The van der Waals surface area contributed by atoms with Gasteiger partial charge in [0.1, 0.15) is 11.6 Å². The molecule has 2 aromatic carbocycles. The van der Waals surface area contributed by atoms with E-state index in [9.17, 15) is 14.7 Å². The molecule has 0 aromatic heterocycles. The lowest BCUT2D eigenvalue weighted by atomic mass is 9.88. The van der Waals surface area contributed by atoms with E-state index in [0.29, 0.717) is 36.9 Å². The van der Waals surface area contributed by atoms with Gasteiger partial charge in [-0.3, -0.25) is 30.2 Å². The Kier molecular flexibility index (Phi) is 8.10. The highest BCUT2D eigenvalue weighted by Gasteiger charge is 2.32. The lowest BCUT2D eigenvalue weighted by Gasteiger charge is -2.31. The van der Waals surface area contributed by atoms with E-state index in [-0.39, 0.29) is 30.0 Å². The first-order chi connectivity index (χ1) is 17.8. The van der Waals surface area contributed by atoms with Crippen LogP contribution in [0.4, 0.5) is 11.4 Å². The number of aryl methyl sites for hydroxylation is 2. The minimum absolute atomic E-state index is 0.0281. The molecule has 0 unspecified atom stereocenters. The number of carboxylic acid groups (broad SMARTS) is 1. The van der Waals surface area contributed by atoms with Gasteiger partial charge in [0.25, 0.3) is 0 Å². The lowest BCUT2D eigenvalue weighted by Crippen LogP contribution is -2.39. The first kappa shape index (κ1) is 26.2. The molecule has 0 atom stereocenters. The zero-order valence-electron chi connectivity index (χ0n) is 21.3. The first-order valence-electron chi connectivity index (χ1n) is 12.3. The van der Waals surface area contributed by atoms with Crippen molar-refractivity contribution in [1.82, 2.24) is 10.3 Å². The fourth-order valence-corrected chi connectivity index (χ4v) is 4.62. The van der Waals surface area contributed by atoms with Gasteiger partial charge in [0.15, 0.2) is 0 Å². The van der Waals surface area contributed by atoms with Crippen LogP contribution in [0.25, 0.3) is 0 Å². The number of piperidine rings is 1. The molecule has 0 bridgehead atoms. The maximum atomic E-state index is 13.3. The number of hydrogen-bond acceptors (Lipinski definition) is 8. The molecule has 2 aliphatic rings. The number of aliphatic imine (C=N–C) groups is 1. The number of methoxy groups -OCH3 is 1. The third kappa shape index (κ3) is 5.92. The predicted molar refractivity (Wildman–Crippen MR) is 142 cm³/mol. The van der Waals surface area contributed by atoms with Crippen molar-refractivity contribution in [3.63, 3.8) is 0 Å². The molecule has 37 heavy (non-hydrogen) atoms. The molecule has 2 aliphatic heterocycles. The number of hydrogen-bond donors (Lipinski definition) is 4. The maximum absolute atomic E-state index is 13.3. The number of benzene rings is 2. The number of para-hydroxylation sites is 1. The van der Waals surface area contributed by atoms with E-state index < -0.39 is 5.97 Å². The summed E-state index contributed by atoms with van der Waals surface area (Å²) in [5, 5.41) is 20.0. The van der Waals surface area contributed by atoms with Crippen LogP contribution in [-0.2, 0) is 14.3 Å². The molecule has 1 fully saturated rings. The number of amidine groups is 1. The number of carbonyl (C=O) groups is 2. The van der Waals surface area contributed by atoms with E-state index in [1.807, 2.05) is 49.1 Å². The standard InChI is InChI=1S/C27H33N5O5/c1-17-7-8-20(15-18(17)2)32-23(11-14-37-3)28-26(27(32)36)30-29-22-6-4-5-21(25(22)35)19-9-12-31(13-10-19)16-24(33)34/h4-8,11,15,19,29,35H,9-10,12-14,16H2,1-3H3,(H,28,30)(H,33,34). The van der Waals surface area contributed by atoms with Crippen LogP contribution in [0.1, 0.15) is 35.4 Å². The van der Waals surface area contributed by atoms with Crippen LogP contribution < -0.4 is 15.8 Å². The molecule has 0 spiro atoms. The van der Waals surface area contributed by atoms with Crippen LogP contribution >= 0.6 is 0 Å². The van der Waals surface area contributed by atoms with E-state index in [4.69, 9.17) is 9.84 Å². The van der Waals surface area contributed by atoms with E-state index in [1.165, 1.54) is 4.90 Å². The van der Waals surface area contributed by atoms with E-state index in [1.54, 1.807) is 19.3 Å². The predicted octanol–water partition coefficient (Wildman–Crippen LogP) is 3.12. The smallest absolute Gasteiger partial charge is 0.317 e. The number of ether oxygens (including phenoxy) is 1. The largest absolute Gasteiger partial charge is 0.505 e. The molecule has 0 radical (unpaired) electrons. The molecule has 0 aliphatic carbocycles. The SMILES string of the molecule is COCC=C1N=C(NNc2cccc(C3CCN(CC(=O)O)CC3)c2O)C(=O)N1c1ccc(C)c(C)c1. The van der Waals surface area contributed by atoms with E-state index in [2.05, 4.69) is 15.8 Å². The number of nitrogens with zero attached hydrogens (tertiary/aromatic N) is 3. The number of rotatable bonds is 8. The van der Waals surface area contributed by atoms with Gasteiger partial charge in [-0.2, -0.15) is 0 Å². The zero-order valence-corrected chi connectivity index (χ0v) is 21.3. The summed E-state index contributed by atoms with van der Waals surface area (Å²) in [6.07, 6.45) is 3.24. The summed E-state index contributed by atoms with van der Waals surface area (Å²) in [5.74, 6) is -0.420. The van der Waals surface area contributed by atoms with Crippen molar-refractivity contribution in [2.24, 2.45) is 4.99 Å². The Morgan fingerprint density at radius 1 is 1.16 bits per heavy atom. The summed E-state index contributed by atoms with van der Waals surface area (Å²) in [4.78, 5) is 32.2. The van der Waals surface area contributed by atoms with Crippen molar-refractivity contribution in [3.8, 4) is 5.75 Å². The molecule has 4 rings (SSSR count). The summed E-state index contributed by atoms with van der Waals surface area (Å²) in [5.41, 5.74) is 9.92. The van der Waals surface area contributed by atoms with Crippen LogP contribution in [0.15, 0.2) is 53.3 Å². The molecule has 2 heterocycles. The van der Waals surface area contributed by atoms with E-state index >= 15 is 0 Å². The fourth-order valence-electron chi connectivity index (χ4n) is 4.62. The van der Waals surface area contributed by atoms with Crippen molar-refractivity contribution in [2.45, 2.75) is 32.6 Å². The van der Waals surface area contributed by atoms with Gasteiger partial charge in [-0.15, -0.1) is 0 Å². The number of carbonyl (C=O) groups excluding carboxylic acids is 1. The van der Waals surface area contributed by atoms with Crippen LogP contribution in [0.3, 0.4) is 0 Å². The quantitative estimate of drug-likeness (QED) is 0.317. The summed E-state index contributed by atoms with van der Waals surface area (Å²) >= 11 is 0. The normalized spacial score (nSPS) is 17.8. The third-order valence-electron chi connectivity index (χ3n) is 6.81. The Morgan fingerprint density at radius 3 is 2.59 bits per heavy atom. The number of aliphatic carboxylic acids is 1. The van der Waals surface area contributed by atoms with Crippen molar-refractivity contribution >= 4 is 29.1 Å². The Balaban J connectivity index is 1.48. The molecule has 10 nitrogen and oxygen atoms in total. The monoisotopic (exact) mass is 507 g/mol.